The van der Waals surface area contributed by atoms with Gasteiger partial charge >= 0.3 is 0 Å². The summed E-state index contributed by atoms with van der Waals surface area (Å²) < 4.78 is 9.25. The third-order valence-corrected chi connectivity index (χ3v) is 4.71. The van der Waals surface area contributed by atoms with Crippen LogP contribution in [0.2, 0.25) is 0 Å². The molecular weight excluding hydrogens is 419 g/mol. The lowest BCUT2D eigenvalue weighted by Crippen LogP contribution is -2.01. The van der Waals surface area contributed by atoms with Crippen molar-refractivity contribution >= 4 is 54.5 Å². The van der Waals surface area contributed by atoms with Gasteiger partial charge in [0, 0.05) is 10.5 Å². The first kappa shape index (κ1) is 14.9. The van der Waals surface area contributed by atoms with Gasteiger partial charge in [0.15, 0.2) is 0 Å². The smallest absolute Gasteiger partial charge is 0.135 e. The van der Waals surface area contributed by atoms with Crippen molar-refractivity contribution in [1.29, 1.82) is 0 Å². The van der Waals surface area contributed by atoms with Crippen LogP contribution in [-0.4, -0.2) is 16.7 Å². The quantitative estimate of drug-likeness (QED) is 0.528. The fourth-order valence-corrected chi connectivity index (χ4v) is 3.79. The van der Waals surface area contributed by atoms with E-state index in [1.54, 1.807) is 7.11 Å². The third-order valence-electron chi connectivity index (χ3n) is 3.21. The molecule has 0 radical (unpaired) electrons. The summed E-state index contributed by atoms with van der Waals surface area (Å²) in [6.45, 7) is 0. The molecule has 1 heterocycles. The molecule has 0 bridgehead atoms. The van der Waals surface area contributed by atoms with E-state index in [1.165, 1.54) is 0 Å². The fourth-order valence-electron chi connectivity index (χ4n) is 2.28. The second-order valence-electron chi connectivity index (χ2n) is 4.42. The van der Waals surface area contributed by atoms with Crippen molar-refractivity contribution in [2.75, 3.05) is 7.11 Å². The third kappa shape index (κ3) is 2.58. The lowest BCUT2D eigenvalue weighted by molar-refractivity contribution is 0.412. The summed E-state index contributed by atoms with van der Waals surface area (Å²) in [5.41, 5.74) is 2.87. The number of aromatic nitrogens is 2. The molecule has 0 aliphatic rings. The minimum atomic E-state index is 0.333. The summed E-state index contributed by atoms with van der Waals surface area (Å²) in [7, 11) is 1.65. The SMILES string of the molecule is COc1cc(-n2c(CCl)nc3ccccc32)c(Br)cc1Br. The number of fused-ring (bicyclic) bond motifs is 1. The lowest BCUT2D eigenvalue weighted by Gasteiger charge is -2.13. The molecule has 1 aromatic heterocycles. The molecular formula is C15H11Br2ClN2O. The second kappa shape index (κ2) is 5.99. The Bertz CT molecular complexity index is 817. The van der Waals surface area contributed by atoms with Crippen LogP contribution in [0.1, 0.15) is 5.82 Å². The first-order chi connectivity index (χ1) is 10.2. The molecule has 3 nitrogen and oxygen atoms in total. The molecule has 21 heavy (non-hydrogen) atoms. The summed E-state index contributed by atoms with van der Waals surface area (Å²) in [6, 6.07) is 11.9. The zero-order valence-electron chi connectivity index (χ0n) is 11.1. The van der Waals surface area contributed by atoms with E-state index in [0.717, 1.165) is 37.2 Å². The predicted molar refractivity (Wildman–Crippen MR) is 92.6 cm³/mol. The zero-order chi connectivity index (χ0) is 15.0. The van der Waals surface area contributed by atoms with Crippen molar-refractivity contribution in [3.8, 4) is 11.4 Å². The van der Waals surface area contributed by atoms with Crippen LogP contribution in [0.5, 0.6) is 5.75 Å². The Balaban J connectivity index is 2.34. The normalized spacial score (nSPS) is 11.0. The number of imidazole rings is 1. The van der Waals surface area contributed by atoms with Crippen LogP contribution in [0.25, 0.3) is 16.7 Å². The molecule has 0 fully saturated rings. The number of nitrogens with zero attached hydrogens (tertiary/aromatic N) is 2. The molecule has 6 heteroatoms. The van der Waals surface area contributed by atoms with Gasteiger partial charge in [-0.25, -0.2) is 4.98 Å². The first-order valence-corrected chi connectivity index (χ1v) is 8.33. The monoisotopic (exact) mass is 428 g/mol. The Morgan fingerprint density at radius 1 is 1.19 bits per heavy atom. The number of ether oxygens (including phenoxy) is 1. The van der Waals surface area contributed by atoms with Gasteiger partial charge in [0.2, 0.25) is 0 Å². The van der Waals surface area contributed by atoms with Gasteiger partial charge in [-0.15, -0.1) is 11.6 Å². The fraction of sp³-hybridized carbons (Fsp3) is 0.133. The van der Waals surface area contributed by atoms with Crippen LogP contribution in [0.4, 0.5) is 0 Å². The van der Waals surface area contributed by atoms with Crippen LogP contribution < -0.4 is 4.74 Å². The van der Waals surface area contributed by atoms with E-state index in [4.69, 9.17) is 16.3 Å². The molecule has 2 aromatic carbocycles. The Labute approximate surface area is 144 Å². The highest BCUT2D eigenvalue weighted by atomic mass is 79.9. The van der Waals surface area contributed by atoms with Gasteiger partial charge in [0.05, 0.1) is 34.2 Å². The number of para-hydroxylation sites is 2. The summed E-state index contributed by atoms with van der Waals surface area (Å²) in [6.07, 6.45) is 0. The van der Waals surface area contributed by atoms with Crippen molar-refractivity contribution in [2.45, 2.75) is 5.88 Å². The molecule has 0 N–H and O–H groups in total. The maximum absolute atomic E-state index is 6.07. The van der Waals surface area contributed by atoms with Gasteiger partial charge in [0.25, 0.3) is 0 Å². The van der Waals surface area contributed by atoms with E-state index < -0.39 is 0 Å². The van der Waals surface area contributed by atoms with E-state index >= 15 is 0 Å². The highest BCUT2D eigenvalue weighted by Gasteiger charge is 2.15. The van der Waals surface area contributed by atoms with Gasteiger partial charge < -0.3 is 4.74 Å². The highest BCUT2D eigenvalue weighted by Crippen LogP contribution is 2.35. The molecule has 0 spiro atoms. The number of hydrogen-bond donors (Lipinski definition) is 0. The van der Waals surface area contributed by atoms with Crippen LogP contribution >= 0.6 is 43.5 Å². The molecule has 0 saturated carbocycles. The minimum absolute atomic E-state index is 0.333. The van der Waals surface area contributed by atoms with Gasteiger partial charge in [-0.2, -0.15) is 0 Å². The summed E-state index contributed by atoms with van der Waals surface area (Å²) in [5, 5.41) is 0. The van der Waals surface area contributed by atoms with Crippen molar-refractivity contribution in [3.63, 3.8) is 0 Å². The average Bonchev–Trinajstić information content (AvgIpc) is 2.86. The molecule has 0 aliphatic heterocycles. The number of methoxy groups -OCH3 is 1. The second-order valence-corrected chi connectivity index (χ2v) is 6.40. The van der Waals surface area contributed by atoms with Crippen molar-refractivity contribution in [2.24, 2.45) is 0 Å². The maximum Gasteiger partial charge on any atom is 0.135 e. The topological polar surface area (TPSA) is 27.1 Å². The lowest BCUT2D eigenvalue weighted by atomic mass is 10.2. The number of halogens is 3. The van der Waals surface area contributed by atoms with Crippen molar-refractivity contribution in [3.05, 3.63) is 51.2 Å². The Morgan fingerprint density at radius 3 is 2.67 bits per heavy atom. The van der Waals surface area contributed by atoms with Gasteiger partial charge in [-0.1, -0.05) is 12.1 Å². The molecule has 0 aliphatic carbocycles. The van der Waals surface area contributed by atoms with E-state index in [1.807, 2.05) is 41.0 Å². The molecule has 3 rings (SSSR count). The highest BCUT2D eigenvalue weighted by molar-refractivity contribution is 9.11. The van der Waals surface area contributed by atoms with Gasteiger partial charge in [0.1, 0.15) is 11.6 Å². The zero-order valence-corrected chi connectivity index (χ0v) is 15.0. The summed E-state index contributed by atoms with van der Waals surface area (Å²) in [5.74, 6) is 1.88. The predicted octanol–water partition coefficient (Wildman–Crippen LogP) is 5.30. The van der Waals surface area contributed by atoms with Crippen LogP contribution in [0.15, 0.2) is 45.3 Å². The summed E-state index contributed by atoms with van der Waals surface area (Å²) in [4.78, 5) is 4.58. The number of alkyl halides is 1. The van der Waals surface area contributed by atoms with Crippen molar-refractivity contribution in [1.82, 2.24) is 9.55 Å². The molecule has 3 aromatic rings. The number of hydrogen-bond acceptors (Lipinski definition) is 2. The minimum Gasteiger partial charge on any atom is -0.495 e. The Kier molecular flexibility index (Phi) is 4.24. The van der Waals surface area contributed by atoms with E-state index in [0.29, 0.717) is 5.88 Å². The van der Waals surface area contributed by atoms with E-state index in [9.17, 15) is 0 Å². The van der Waals surface area contributed by atoms with Gasteiger partial charge in [-0.05, 0) is 50.1 Å². The average molecular weight is 431 g/mol. The molecule has 0 amide bonds. The first-order valence-electron chi connectivity index (χ1n) is 6.21. The Morgan fingerprint density at radius 2 is 1.95 bits per heavy atom. The van der Waals surface area contributed by atoms with Gasteiger partial charge in [-0.3, -0.25) is 4.57 Å². The van der Waals surface area contributed by atoms with Crippen LogP contribution in [-0.2, 0) is 5.88 Å². The molecule has 0 unspecified atom stereocenters. The van der Waals surface area contributed by atoms with Crippen LogP contribution in [0.3, 0.4) is 0 Å². The molecule has 0 atom stereocenters. The van der Waals surface area contributed by atoms with Crippen LogP contribution in [0, 0.1) is 0 Å². The standard InChI is InChI=1S/C15H11Br2ClN2O/c1-21-14-7-13(9(16)6-10(14)17)20-12-5-3-2-4-11(12)19-15(20)8-18/h2-7H,8H2,1H3. The van der Waals surface area contributed by atoms with E-state index in [2.05, 4.69) is 36.8 Å². The van der Waals surface area contributed by atoms with Crippen molar-refractivity contribution < 1.29 is 4.74 Å². The summed E-state index contributed by atoms with van der Waals surface area (Å²) >= 11 is 13.2. The largest absolute Gasteiger partial charge is 0.495 e. The van der Waals surface area contributed by atoms with E-state index in [-0.39, 0.29) is 0 Å². The number of rotatable bonds is 3. The maximum atomic E-state index is 6.07. The Hall–Kier alpha value is -1.04. The molecule has 108 valence electrons. The molecule has 0 saturated heterocycles. The number of benzene rings is 2.